The molecule has 0 bridgehead atoms. The molecule has 0 spiro atoms. The van der Waals surface area contributed by atoms with Crippen molar-refractivity contribution in [1.82, 2.24) is 10.3 Å². The third-order valence-electron chi connectivity index (χ3n) is 3.14. The van der Waals surface area contributed by atoms with Crippen molar-refractivity contribution in [3.8, 4) is 0 Å². The SMILES string of the molecule is CCNC(Cc1nc(C)cs1)c1ccccc1C(F)(F)F. The van der Waals surface area contributed by atoms with Crippen LogP contribution < -0.4 is 5.32 Å². The second-order valence-corrected chi connectivity index (χ2v) is 5.72. The molecule has 2 rings (SSSR count). The van der Waals surface area contributed by atoms with Crippen LogP contribution in [0.1, 0.15) is 34.8 Å². The van der Waals surface area contributed by atoms with Crippen LogP contribution in [-0.4, -0.2) is 11.5 Å². The van der Waals surface area contributed by atoms with Crippen LogP contribution in [0.15, 0.2) is 29.6 Å². The maximum Gasteiger partial charge on any atom is 0.416 e. The van der Waals surface area contributed by atoms with Crippen molar-refractivity contribution in [2.45, 2.75) is 32.5 Å². The zero-order valence-corrected chi connectivity index (χ0v) is 12.7. The predicted molar refractivity (Wildman–Crippen MR) is 78.4 cm³/mol. The minimum atomic E-state index is -4.34. The number of aromatic nitrogens is 1. The van der Waals surface area contributed by atoms with E-state index in [0.717, 1.165) is 16.8 Å². The van der Waals surface area contributed by atoms with Gasteiger partial charge in [0.25, 0.3) is 0 Å². The van der Waals surface area contributed by atoms with Crippen molar-refractivity contribution in [3.63, 3.8) is 0 Å². The molecule has 1 heterocycles. The van der Waals surface area contributed by atoms with Gasteiger partial charge in [0, 0.05) is 23.5 Å². The average molecular weight is 314 g/mol. The van der Waals surface area contributed by atoms with Crippen LogP contribution in [0.3, 0.4) is 0 Å². The number of nitrogens with one attached hydrogen (secondary N) is 1. The molecule has 1 unspecified atom stereocenters. The number of nitrogens with zero attached hydrogens (tertiary/aromatic N) is 1. The first kappa shape index (κ1) is 16.0. The minimum absolute atomic E-state index is 0.278. The molecule has 0 fully saturated rings. The van der Waals surface area contributed by atoms with Crippen LogP contribution in [-0.2, 0) is 12.6 Å². The number of thiazole rings is 1. The summed E-state index contributed by atoms with van der Waals surface area (Å²) in [6.45, 7) is 4.36. The van der Waals surface area contributed by atoms with Crippen molar-refractivity contribution >= 4 is 11.3 Å². The Balaban J connectivity index is 2.34. The van der Waals surface area contributed by atoms with E-state index >= 15 is 0 Å². The summed E-state index contributed by atoms with van der Waals surface area (Å²) in [5.41, 5.74) is 0.596. The van der Waals surface area contributed by atoms with E-state index in [1.165, 1.54) is 23.5 Å². The van der Waals surface area contributed by atoms with Gasteiger partial charge in [-0.2, -0.15) is 13.2 Å². The standard InChI is InChI=1S/C15H17F3N2S/c1-3-19-13(8-14-20-10(2)9-21-14)11-6-4-5-7-12(11)15(16,17)18/h4-7,9,13,19H,3,8H2,1-2H3. The molecule has 2 nitrogen and oxygen atoms in total. The van der Waals surface area contributed by atoms with E-state index in [2.05, 4.69) is 10.3 Å². The zero-order chi connectivity index (χ0) is 15.5. The van der Waals surface area contributed by atoms with Crippen molar-refractivity contribution in [3.05, 3.63) is 51.5 Å². The van der Waals surface area contributed by atoms with E-state index in [1.54, 1.807) is 6.07 Å². The quantitative estimate of drug-likeness (QED) is 0.887. The molecule has 0 aliphatic heterocycles. The summed E-state index contributed by atoms with van der Waals surface area (Å²) in [4.78, 5) is 4.35. The van der Waals surface area contributed by atoms with Crippen molar-refractivity contribution in [2.24, 2.45) is 0 Å². The number of rotatable bonds is 5. The first-order valence-corrected chi connectivity index (χ1v) is 7.60. The van der Waals surface area contributed by atoms with Gasteiger partial charge in [0.1, 0.15) is 0 Å². The lowest BCUT2D eigenvalue weighted by Gasteiger charge is -2.21. The molecule has 0 saturated carbocycles. The lowest BCUT2D eigenvalue weighted by molar-refractivity contribution is -0.138. The normalized spacial score (nSPS) is 13.4. The third-order valence-corrected chi connectivity index (χ3v) is 4.13. The molecular formula is C15H17F3N2S. The molecule has 0 aliphatic rings. The Labute approximate surface area is 126 Å². The van der Waals surface area contributed by atoms with Gasteiger partial charge in [-0.3, -0.25) is 0 Å². The van der Waals surface area contributed by atoms with Gasteiger partial charge in [-0.25, -0.2) is 4.98 Å². The summed E-state index contributed by atoms with van der Waals surface area (Å²) < 4.78 is 39.5. The molecule has 1 aromatic carbocycles. The molecule has 114 valence electrons. The van der Waals surface area contributed by atoms with Crippen molar-refractivity contribution in [2.75, 3.05) is 6.54 Å². The number of benzene rings is 1. The van der Waals surface area contributed by atoms with Crippen LogP contribution in [0.25, 0.3) is 0 Å². The Kier molecular flexibility index (Phi) is 5.00. The first-order valence-electron chi connectivity index (χ1n) is 6.72. The van der Waals surface area contributed by atoms with Gasteiger partial charge in [0.2, 0.25) is 0 Å². The highest BCUT2D eigenvalue weighted by Crippen LogP contribution is 2.35. The maximum absolute atomic E-state index is 13.2. The molecule has 0 aliphatic carbocycles. The number of likely N-dealkylation sites (N-methyl/N-ethyl adjacent to an activating group) is 1. The lowest BCUT2D eigenvalue weighted by Crippen LogP contribution is -2.25. The smallest absolute Gasteiger partial charge is 0.310 e. The Morgan fingerprint density at radius 2 is 2.00 bits per heavy atom. The highest BCUT2D eigenvalue weighted by atomic mass is 32.1. The van der Waals surface area contributed by atoms with E-state index in [0.29, 0.717) is 13.0 Å². The highest BCUT2D eigenvalue weighted by Gasteiger charge is 2.34. The maximum atomic E-state index is 13.2. The zero-order valence-electron chi connectivity index (χ0n) is 11.9. The summed E-state index contributed by atoms with van der Waals surface area (Å²) in [5.74, 6) is 0. The van der Waals surface area contributed by atoms with Gasteiger partial charge in [-0.15, -0.1) is 11.3 Å². The van der Waals surface area contributed by atoms with Crippen LogP contribution in [0.5, 0.6) is 0 Å². The van der Waals surface area contributed by atoms with E-state index in [-0.39, 0.29) is 5.56 Å². The van der Waals surface area contributed by atoms with E-state index in [1.807, 2.05) is 19.2 Å². The van der Waals surface area contributed by atoms with Crippen LogP contribution in [0.4, 0.5) is 13.2 Å². The van der Waals surface area contributed by atoms with E-state index in [9.17, 15) is 13.2 Å². The summed E-state index contributed by atoms with van der Waals surface area (Å²) in [6.07, 6.45) is -3.89. The number of hydrogen-bond donors (Lipinski definition) is 1. The van der Waals surface area contributed by atoms with E-state index in [4.69, 9.17) is 0 Å². The largest absolute Gasteiger partial charge is 0.416 e. The topological polar surface area (TPSA) is 24.9 Å². The molecule has 21 heavy (non-hydrogen) atoms. The van der Waals surface area contributed by atoms with Crippen LogP contribution in [0, 0.1) is 6.92 Å². The monoisotopic (exact) mass is 314 g/mol. The second-order valence-electron chi connectivity index (χ2n) is 4.78. The molecule has 0 saturated heterocycles. The summed E-state index contributed by atoms with van der Waals surface area (Å²) >= 11 is 1.48. The lowest BCUT2D eigenvalue weighted by atomic mass is 9.97. The molecule has 1 atom stereocenters. The van der Waals surface area contributed by atoms with Gasteiger partial charge in [-0.05, 0) is 25.1 Å². The fourth-order valence-corrected chi connectivity index (χ4v) is 3.09. The summed E-state index contributed by atoms with van der Waals surface area (Å²) in [5, 5.41) is 5.89. The number of hydrogen-bond acceptors (Lipinski definition) is 3. The number of aryl methyl sites for hydroxylation is 1. The van der Waals surface area contributed by atoms with Gasteiger partial charge < -0.3 is 5.32 Å². The molecule has 2 aromatic rings. The Hall–Kier alpha value is -1.40. The van der Waals surface area contributed by atoms with Gasteiger partial charge in [0.05, 0.1) is 10.6 Å². The third kappa shape index (κ3) is 4.04. The Morgan fingerprint density at radius 3 is 2.57 bits per heavy atom. The van der Waals surface area contributed by atoms with Crippen molar-refractivity contribution in [1.29, 1.82) is 0 Å². The van der Waals surface area contributed by atoms with Gasteiger partial charge in [0.15, 0.2) is 0 Å². The second kappa shape index (κ2) is 6.58. The van der Waals surface area contributed by atoms with Crippen LogP contribution >= 0.6 is 11.3 Å². The number of halogens is 3. The van der Waals surface area contributed by atoms with Gasteiger partial charge >= 0.3 is 6.18 Å². The minimum Gasteiger partial charge on any atom is -0.310 e. The molecule has 0 amide bonds. The predicted octanol–water partition coefficient (Wildman–Crippen LogP) is 4.36. The Bertz CT molecular complexity index is 593. The molecule has 1 aromatic heterocycles. The summed E-state index contributed by atoms with van der Waals surface area (Å²) in [6, 6.07) is 5.34. The molecule has 1 N–H and O–H groups in total. The van der Waals surface area contributed by atoms with Crippen molar-refractivity contribution < 1.29 is 13.2 Å². The fourth-order valence-electron chi connectivity index (χ4n) is 2.27. The fraction of sp³-hybridized carbons (Fsp3) is 0.400. The van der Waals surface area contributed by atoms with Gasteiger partial charge in [-0.1, -0.05) is 25.1 Å². The van der Waals surface area contributed by atoms with E-state index < -0.39 is 17.8 Å². The molecular weight excluding hydrogens is 297 g/mol. The Morgan fingerprint density at radius 1 is 1.29 bits per heavy atom. The van der Waals surface area contributed by atoms with Crippen LogP contribution in [0.2, 0.25) is 0 Å². The molecule has 0 radical (unpaired) electrons. The highest BCUT2D eigenvalue weighted by molar-refractivity contribution is 7.09. The average Bonchev–Trinajstić information content (AvgIpc) is 2.83. The number of alkyl halides is 3. The molecule has 6 heteroatoms. The summed E-state index contributed by atoms with van der Waals surface area (Å²) in [7, 11) is 0. The first-order chi connectivity index (χ1) is 9.91.